The number of carbonyl (C=O) groups is 1. The van der Waals surface area contributed by atoms with Gasteiger partial charge in [0.05, 0.1) is 16.3 Å². The molecule has 0 bridgehead atoms. The molecule has 10 heteroatoms. The van der Waals surface area contributed by atoms with Gasteiger partial charge in [-0.2, -0.15) is 5.10 Å². The fourth-order valence-electron chi connectivity index (χ4n) is 2.70. The van der Waals surface area contributed by atoms with Crippen LogP contribution in [0.3, 0.4) is 0 Å². The number of amides is 1. The van der Waals surface area contributed by atoms with E-state index in [1.807, 2.05) is 13.8 Å². The van der Waals surface area contributed by atoms with Gasteiger partial charge in [-0.05, 0) is 31.5 Å². The zero-order valence-electron chi connectivity index (χ0n) is 15.8. The minimum Gasteiger partial charge on any atom is -0.397 e. The summed E-state index contributed by atoms with van der Waals surface area (Å²) < 4.78 is 27.0. The van der Waals surface area contributed by atoms with Gasteiger partial charge in [-0.15, -0.1) is 16.4 Å². The minimum absolute atomic E-state index is 0.0855. The van der Waals surface area contributed by atoms with Crippen molar-refractivity contribution in [1.82, 2.24) is 19.8 Å². The van der Waals surface area contributed by atoms with Gasteiger partial charge >= 0.3 is 0 Å². The summed E-state index contributed by atoms with van der Waals surface area (Å²) in [6, 6.07) is 8.08. The molecule has 0 aliphatic heterocycles. The number of nitrogen functional groups attached to an aromatic ring is 1. The smallest absolute Gasteiger partial charge is 0.265 e. The van der Waals surface area contributed by atoms with Gasteiger partial charge in [0, 0.05) is 25.5 Å². The van der Waals surface area contributed by atoms with E-state index >= 15 is 0 Å². The first kappa shape index (κ1) is 20.2. The molecule has 1 aromatic carbocycles. The third kappa shape index (κ3) is 3.84. The number of nitrogens with zero attached hydrogens (tertiary/aromatic N) is 3. The molecular weight excluding hydrogens is 398 g/mol. The molecule has 0 radical (unpaired) electrons. The topological polar surface area (TPSA) is 118 Å². The van der Waals surface area contributed by atoms with Gasteiger partial charge in [0.1, 0.15) is 9.71 Å². The maximum absolute atomic E-state index is 12.8. The Hall–Kier alpha value is -2.56. The summed E-state index contributed by atoms with van der Waals surface area (Å²) in [5.41, 5.74) is 8.25. The van der Waals surface area contributed by atoms with Crippen LogP contribution in [-0.4, -0.2) is 49.6 Å². The number of fused-ring (bicyclic) bond motifs is 1. The van der Waals surface area contributed by atoms with Gasteiger partial charge < -0.3 is 10.6 Å². The summed E-state index contributed by atoms with van der Waals surface area (Å²) in [6.07, 6.45) is 0. The Kier molecular flexibility index (Phi) is 5.64. The van der Waals surface area contributed by atoms with E-state index in [2.05, 4.69) is 14.9 Å². The van der Waals surface area contributed by atoms with Crippen LogP contribution < -0.4 is 10.5 Å². The van der Waals surface area contributed by atoms with Crippen molar-refractivity contribution in [3.8, 4) is 0 Å². The molecule has 0 fully saturated rings. The third-order valence-corrected chi connectivity index (χ3v) is 7.02. The van der Waals surface area contributed by atoms with Crippen molar-refractivity contribution in [2.24, 2.45) is 0 Å². The Bertz CT molecular complexity index is 1130. The monoisotopic (exact) mass is 419 g/mol. The van der Waals surface area contributed by atoms with Gasteiger partial charge in [-0.1, -0.05) is 18.2 Å². The van der Waals surface area contributed by atoms with E-state index in [1.165, 1.54) is 28.4 Å². The lowest BCUT2D eigenvalue weighted by atomic mass is 10.1. The number of nitrogens with two attached hydrogens (primary N) is 1. The standard InChI is InChI=1S/C18H21N5O3S2/c1-11-12(2)21-22-17-14(11)15(19)16(27-17)18(24)23(3)10-9-20-28(25,26)13-7-5-4-6-8-13/h4-8,20H,9-10,19H2,1-3H3. The lowest BCUT2D eigenvalue weighted by Gasteiger charge is -2.17. The molecular formula is C18H21N5O3S2. The maximum Gasteiger partial charge on any atom is 0.265 e. The summed E-state index contributed by atoms with van der Waals surface area (Å²) in [5.74, 6) is -0.281. The van der Waals surface area contributed by atoms with E-state index in [1.54, 1.807) is 25.2 Å². The molecule has 0 saturated heterocycles. The summed E-state index contributed by atoms with van der Waals surface area (Å²) in [7, 11) is -2.01. The van der Waals surface area contributed by atoms with Crippen LogP contribution in [0.15, 0.2) is 35.2 Å². The maximum atomic E-state index is 12.8. The Morgan fingerprint density at radius 3 is 2.57 bits per heavy atom. The van der Waals surface area contributed by atoms with Crippen molar-refractivity contribution in [2.75, 3.05) is 25.9 Å². The van der Waals surface area contributed by atoms with E-state index in [-0.39, 0.29) is 23.9 Å². The first-order chi connectivity index (χ1) is 13.2. The summed E-state index contributed by atoms with van der Waals surface area (Å²) >= 11 is 1.19. The molecule has 2 heterocycles. The van der Waals surface area contributed by atoms with Crippen LogP contribution in [0.4, 0.5) is 5.69 Å². The Labute approximate surface area is 167 Å². The highest BCUT2D eigenvalue weighted by Crippen LogP contribution is 2.35. The zero-order valence-corrected chi connectivity index (χ0v) is 17.4. The van der Waals surface area contributed by atoms with Crippen molar-refractivity contribution in [3.63, 3.8) is 0 Å². The highest BCUT2D eigenvalue weighted by atomic mass is 32.2. The van der Waals surface area contributed by atoms with E-state index < -0.39 is 10.0 Å². The molecule has 8 nitrogen and oxygen atoms in total. The van der Waals surface area contributed by atoms with Crippen molar-refractivity contribution < 1.29 is 13.2 Å². The first-order valence-corrected chi connectivity index (χ1v) is 10.8. The van der Waals surface area contributed by atoms with Crippen LogP contribution >= 0.6 is 11.3 Å². The largest absolute Gasteiger partial charge is 0.397 e. The second-order valence-corrected chi connectivity index (χ2v) is 9.14. The number of aromatic nitrogens is 2. The number of benzene rings is 1. The van der Waals surface area contributed by atoms with Gasteiger partial charge in [-0.25, -0.2) is 13.1 Å². The fourth-order valence-corrected chi connectivity index (χ4v) is 4.84. The highest BCUT2D eigenvalue weighted by Gasteiger charge is 2.22. The van der Waals surface area contributed by atoms with Gasteiger partial charge in [0.25, 0.3) is 5.91 Å². The predicted molar refractivity (Wildman–Crippen MR) is 110 cm³/mol. The second kappa shape index (κ2) is 7.82. The molecule has 3 N–H and O–H groups in total. The SMILES string of the molecule is Cc1nnc2sc(C(=O)N(C)CCNS(=O)(=O)c3ccccc3)c(N)c2c1C. The quantitative estimate of drug-likeness (QED) is 0.630. The molecule has 0 saturated carbocycles. The molecule has 3 aromatic rings. The summed E-state index contributed by atoms with van der Waals surface area (Å²) in [6.45, 7) is 4.02. The molecule has 148 valence electrons. The lowest BCUT2D eigenvalue weighted by molar-refractivity contribution is 0.0803. The normalized spacial score (nSPS) is 11.7. The number of thiophene rings is 1. The van der Waals surface area contributed by atoms with E-state index in [0.29, 0.717) is 15.4 Å². The molecule has 2 aromatic heterocycles. The second-order valence-electron chi connectivity index (χ2n) is 6.37. The summed E-state index contributed by atoms with van der Waals surface area (Å²) in [5, 5.41) is 8.94. The fraction of sp³-hybridized carbons (Fsp3) is 0.278. The van der Waals surface area contributed by atoms with Crippen LogP contribution in [0.25, 0.3) is 10.2 Å². The van der Waals surface area contributed by atoms with E-state index in [4.69, 9.17) is 5.73 Å². The Morgan fingerprint density at radius 2 is 1.89 bits per heavy atom. The Morgan fingerprint density at radius 1 is 1.21 bits per heavy atom. The number of nitrogens with one attached hydrogen (secondary N) is 1. The number of anilines is 1. The number of likely N-dealkylation sites (N-methyl/N-ethyl adjacent to an activating group) is 1. The van der Waals surface area contributed by atoms with E-state index in [0.717, 1.165) is 16.6 Å². The number of hydrogen-bond acceptors (Lipinski definition) is 7. The van der Waals surface area contributed by atoms with E-state index in [9.17, 15) is 13.2 Å². The number of hydrogen-bond donors (Lipinski definition) is 2. The molecule has 0 atom stereocenters. The summed E-state index contributed by atoms with van der Waals surface area (Å²) in [4.78, 5) is 15.4. The predicted octanol–water partition coefficient (Wildman–Crippen LogP) is 1.94. The third-order valence-electron chi connectivity index (χ3n) is 4.47. The molecule has 3 rings (SSSR count). The number of sulfonamides is 1. The van der Waals surface area contributed by atoms with Crippen molar-refractivity contribution in [1.29, 1.82) is 0 Å². The van der Waals surface area contributed by atoms with Crippen molar-refractivity contribution in [3.05, 3.63) is 46.5 Å². The molecule has 0 spiro atoms. The average molecular weight is 420 g/mol. The molecule has 28 heavy (non-hydrogen) atoms. The highest BCUT2D eigenvalue weighted by molar-refractivity contribution is 7.89. The molecule has 0 unspecified atom stereocenters. The number of carbonyl (C=O) groups excluding carboxylic acids is 1. The van der Waals surface area contributed by atoms with Gasteiger partial charge in [-0.3, -0.25) is 4.79 Å². The minimum atomic E-state index is -3.61. The van der Waals surface area contributed by atoms with Crippen molar-refractivity contribution in [2.45, 2.75) is 18.7 Å². The lowest BCUT2D eigenvalue weighted by Crippen LogP contribution is -2.36. The van der Waals surface area contributed by atoms with Gasteiger partial charge in [0.15, 0.2) is 0 Å². The van der Waals surface area contributed by atoms with Crippen LogP contribution in [0.2, 0.25) is 0 Å². The van der Waals surface area contributed by atoms with Gasteiger partial charge in [0.2, 0.25) is 10.0 Å². The van der Waals surface area contributed by atoms with Crippen LogP contribution in [-0.2, 0) is 10.0 Å². The zero-order chi connectivity index (χ0) is 20.5. The number of rotatable bonds is 6. The average Bonchev–Trinajstić information content (AvgIpc) is 3.01. The van der Waals surface area contributed by atoms with Crippen LogP contribution in [0.1, 0.15) is 20.9 Å². The van der Waals surface area contributed by atoms with Crippen LogP contribution in [0, 0.1) is 13.8 Å². The Balaban J connectivity index is 1.71. The molecule has 0 aliphatic carbocycles. The van der Waals surface area contributed by atoms with Crippen LogP contribution in [0.5, 0.6) is 0 Å². The molecule has 0 aliphatic rings. The number of aryl methyl sites for hydroxylation is 2. The van der Waals surface area contributed by atoms with Crippen molar-refractivity contribution >= 4 is 43.2 Å². The molecule has 1 amide bonds. The first-order valence-electron chi connectivity index (χ1n) is 8.54.